The zero-order valence-electron chi connectivity index (χ0n) is 14.6. The summed E-state index contributed by atoms with van der Waals surface area (Å²) in [5.74, 6) is -5.90. The summed E-state index contributed by atoms with van der Waals surface area (Å²) >= 11 is 0. The maximum absolute atomic E-state index is 14.0. The van der Waals surface area contributed by atoms with Crippen LogP contribution in [0.3, 0.4) is 0 Å². The van der Waals surface area contributed by atoms with Crippen molar-refractivity contribution in [3.63, 3.8) is 0 Å². The first kappa shape index (κ1) is 20.8. The van der Waals surface area contributed by atoms with Crippen LogP contribution in [0.5, 0.6) is 0 Å². The minimum atomic E-state index is -1.62. The summed E-state index contributed by atoms with van der Waals surface area (Å²) in [5.41, 5.74) is -2.36. The van der Waals surface area contributed by atoms with Crippen LogP contribution in [0, 0.1) is 46.9 Å². The maximum Gasteiger partial charge on any atom is 0.313 e. The third-order valence-electron chi connectivity index (χ3n) is 3.65. The van der Waals surface area contributed by atoms with E-state index in [4.69, 9.17) is 11.2 Å². The highest BCUT2D eigenvalue weighted by Crippen LogP contribution is 2.30. The normalized spacial score (nSPS) is 12.9. The molecule has 1 atom stereocenters. The second-order valence-corrected chi connectivity index (χ2v) is 6.57. The van der Waals surface area contributed by atoms with E-state index < -0.39 is 64.7 Å². The van der Waals surface area contributed by atoms with Gasteiger partial charge in [0.15, 0.2) is 23.3 Å². The van der Waals surface area contributed by atoms with Gasteiger partial charge >= 0.3 is 5.97 Å². The zero-order valence-corrected chi connectivity index (χ0v) is 14.6. The Balaban J connectivity index is 3.13. The molecule has 1 aromatic rings. The van der Waals surface area contributed by atoms with Crippen molar-refractivity contribution in [1.29, 1.82) is 0 Å². The number of halogens is 4. The third-order valence-corrected chi connectivity index (χ3v) is 3.65. The lowest BCUT2D eigenvalue weighted by atomic mass is 9.80. The summed E-state index contributed by atoms with van der Waals surface area (Å²) in [6, 6.07) is 0. The minimum absolute atomic E-state index is 0.506. The Labute approximate surface area is 144 Å². The number of hydrogen-bond acceptors (Lipinski definition) is 2. The molecule has 0 bridgehead atoms. The Kier molecular flexibility index (Phi) is 6.80. The van der Waals surface area contributed by atoms with Crippen LogP contribution in [0.15, 0.2) is 12.2 Å². The fraction of sp³-hybridized carbons (Fsp3) is 0.421. The van der Waals surface area contributed by atoms with Gasteiger partial charge in [0.25, 0.3) is 0 Å². The van der Waals surface area contributed by atoms with Crippen LogP contribution in [-0.4, -0.2) is 5.97 Å². The highest BCUT2D eigenvalue weighted by Gasteiger charge is 2.31. The number of rotatable bonds is 5. The lowest BCUT2D eigenvalue weighted by Gasteiger charge is -2.26. The number of esters is 1. The molecular formula is C19H20F4O2. The molecule has 0 fully saturated rings. The molecule has 0 heterocycles. The summed E-state index contributed by atoms with van der Waals surface area (Å²) in [4.78, 5) is 12.2. The summed E-state index contributed by atoms with van der Waals surface area (Å²) in [7, 11) is 0. The largest absolute Gasteiger partial charge is 0.460 e. The number of carbonyl (C=O) groups excluding carboxylic acids is 1. The fourth-order valence-corrected chi connectivity index (χ4v) is 2.25. The van der Waals surface area contributed by atoms with E-state index in [-0.39, 0.29) is 0 Å². The molecule has 25 heavy (non-hydrogen) atoms. The van der Waals surface area contributed by atoms with E-state index in [2.05, 4.69) is 0 Å². The Morgan fingerprint density at radius 1 is 1.12 bits per heavy atom. The molecule has 0 aliphatic rings. The van der Waals surface area contributed by atoms with Gasteiger partial charge in [-0.3, -0.25) is 4.79 Å². The number of allylic oxidation sites excluding steroid dienone is 1. The molecule has 0 amide bonds. The lowest BCUT2D eigenvalue weighted by molar-refractivity contribution is -0.151. The Morgan fingerprint density at radius 2 is 1.60 bits per heavy atom. The van der Waals surface area contributed by atoms with Crippen LogP contribution in [0.4, 0.5) is 17.6 Å². The van der Waals surface area contributed by atoms with Crippen molar-refractivity contribution in [1.82, 2.24) is 0 Å². The molecule has 6 heteroatoms. The van der Waals surface area contributed by atoms with E-state index >= 15 is 0 Å². The molecule has 0 saturated heterocycles. The third kappa shape index (κ3) is 4.62. The smallest absolute Gasteiger partial charge is 0.313 e. The van der Waals surface area contributed by atoms with Crippen molar-refractivity contribution in [2.24, 2.45) is 11.3 Å². The number of carbonyl (C=O) groups is 1. The van der Waals surface area contributed by atoms with Crippen molar-refractivity contribution < 1.29 is 27.1 Å². The average Bonchev–Trinajstić information content (AvgIpc) is 2.53. The molecule has 1 unspecified atom stereocenters. The Bertz CT molecular complexity index is 695. The molecular weight excluding hydrogens is 336 g/mol. The van der Waals surface area contributed by atoms with Gasteiger partial charge in [0, 0.05) is 12.0 Å². The molecule has 0 radical (unpaired) electrons. The van der Waals surface area contributed by atoms with Crippen molar-refractivity contribution in [2.45, 2.75) is 40.7 Å². The molecule has 136 valence electrons. The van der Waals surface area contributed by atoms with Gasteiger partial charge in [0.05, 0.1) is 11.5 Å². The number of hydrogen-bond donors (Lipinski definition) is 0. The number of terminal acetylenes is 1. The minimum Gasteiger partial charge on any atom is -0.460 e. The SMILES string of the molecule is C#CCc1c(F)c(F)c(COC(=O)C(/C=C/C)C(C)(C)C)c(F)c1F. The van der Waals surface area contributed by atoms with Gasteiger partial charge in [-0.25, -0.2) is 17.6 Å². The predicted octanol–water partition coefficient (Wildman–Crippen LogP) is 4.70. The van der Waals surface area contributed by atoms with Crippen molar-refractivity contribution in [3.8, 4) is 12.3 Å². The summed E-state index contributed by atoms with van der Waals surface area (Å²) in [5, 5.41) is 0. The van der Waals surface area contributed by atoms with Crippen molar-refractivity contribution >= 4 is 5.97 Å². The zero-order chi connectivity index (χ0) is 19.4. The van der Waals surface area contributed by atoms with Gasteiger partial charge in [-0.2, -0.15) is 0 Å². The lowest BCUT2D eigenvalue weighted by Crippen LogP contribution is -2.28. The van der Waals surface area contributed by atoms with Crippen molar-refractivity contribution in [3.05, 3.63) is 46.5 Å². The molecule has 2 nitrogen and oxygen atoms in total. The Hall–Kier alpha value is -2.29. The first-order valence-corrected chi connectivity index (χ1v) is 7.62. The first-order chi connectivity index (χ1) is 11.6. The number of ether oxygens (including phenoxy) is 1. The van der Waals surface area contributed by atoms with Gasteiger partial charge in [0.2, 0.25) is 0 Å². The monoisotopic (exact) mass is 356 g/mol. The van der Waals surface area contributed by atoms with E-state index in [1.807, 2.05) is 5.92 Å². The molecule has 0 aliphatic carbocycles. The summed E-state index contributed by atoms with van der Waals surface area (Å²) < 4.78 is 60.6. The maximum atomic E-state index is 14.0. The highest BCUT2D eigenvalue weighted by atomic mass is 19.2. The van der Waals surface area contributed by atoms with E-state index in [0.717, 1.165) is 0 Å². The summed E-state index contributed by atoms with van der Waals surface area (Å²) in [6.07, 6.45) is 7.57. The van der Waals surface area contributed by atoms with E-state index in [9.17, 15) is 22.4 Å². The van der Waals surface area contributed by atoms with Crippen LogP contribution >= 0.6 is 0 Å². The molecule has 0 N–H and O–H groups in total. The second-order valence-electron chi connectivity index (χ2n) is 6.57. The van der Waals surface area contributed by atoms with Crippen LogP contribution in [0.1, 0.15) is 38.8 Å². The van der Waals surface area contributed by atoms with Gasteiger partial charge in [-0.15, -0.1) is 12.3 Å². The Morgan fingerprint density at radius 3 is 2.00 bits per heavy atom. The van der Waals surface area contributed by atoms with Gasteiger partial charge in [-0.05, 0) is 12.3 Å². The summed E-state index contributed by atoms with van der Waals surface area (Å²) in [6.45, 7) is 6.14. The highest BCUT2D eigenvalue weighted by molar-refractivity contribution is 5.75. The first-order valence-electron chi connectivity index (χ1n) is 7.62. The number of benzene rings is 1. The molecule has 1 aromatic carbocycles. The van der Waals surface area contributed by atoms with Gasteiger partial charge in [-0.1, -0.05) is 32.9 Å². The van der Waals surface area contributed by atoms with Crippen LogP contribution in [0.25, 0.3) is 0 Å². The molecule has 0 aromatic heterocycles. The van der Waals surface area contributed by atoms with E-state index in [1.54, 1.807) is 39.8 Å². The molecule has 0 spiro atoms. The van der Waals surface area contributed by atoms with Crippen LogP contribution < -0.4 is 0 Å². The molecule has 0 saturated carbocycles. The second kappa shape index (κ2) is 8.19. The average molecular weight is 356 g/mol. The fourth-order valence-electron chi connectivity index (χ4n) is 2.25. The van der Waals surface area contributed by atoms with Gasteiger partial charge < -0.3 is 4.74 Å². The molecule has 0 aliphatic heterocycles. The van der Waals surface area contributed by atoms with Crippen LogP contribution in [-0.2, 0) is 22.6 Å². The van der Waals surface area contributed by atoms with Crippen molar-refractivity contribution in [2.75, 3.05) is 0 Å². The predicted molar refractivity (Wildman–Crippen MR) is 86.4 cm³/mol. The van der Waals surface area contributed by atoms with Gasteiger partial charge in [0.1, 0.15) is 6.61 Å². The molecule has 1 rings (SSSR count). The quantitative estimate of drug-likeness (QED) is 0.251. The van der Waals surface area contributed by atoms with Crippen LogP contribution in [0.2, 0.25) is 0 Å². The topological polar surface area (TPSA) is 26.3 Å². The standard InChI is InChI=1S/C19H20F4O2/c1-6-8-11-14(20)16(22)12(17(23)15(11)21)10-25-18(24)13(9-7-2)19(3,4)5/h1,7,9,13H,8,10H2,2-5H3/b9-7+. The van der Waals surface area contributed by atoms with E-state index in [1.165, 1.54) is 0 Å². The van der Waals surface area contributed by atoms with E-state index in [0.29, 0.717) is 0 Å².